The van der Waals surface area contributed by atoms with Gasteiger partial charge in [-0.1, -0.05) is 13.8 Å². The molecule has 0 amide bonds. The van der Waals surface area contributed by atoms with E-state index in [9.17, 15) is 4.79 Å². The fourth-order valence-electron chi connectivity index (χ4n) is 2.95. The molecule has 0 radical (unpaired) electrons. The van der Waals surface area contributed by atoms with Gasteiger partial charge in [-0.25, -0.2) is 9.78 Å². The Labute approximate surface area is 107 Å². The lowest BCUT2D eigenvalue weighted by Crippen LogP contribution is -2.31. The summed E-state index contributed by atoms with van der Waals surface area (Å²) in [4.78, 5) is 15.3. The first-order valence-corrected chi connectivity index (χ1v) is 6.51. The van der Waals surface area contributed by atoms with Crippen LogP contribution < -0.4 is 5.32 Å². The van der Waals surface area contributed by atoms with Crippen molar-refractivity contribution >= 4 is 11.8 Å². The van der Waals surface area contributed by atoms with Crippen LogP contribution in [0, 0.1) is 11.8 Å². The molecular formula is C14H20N2O2. The summed E-state index contributed by atoms with van der Waals surface area (Å²) in [5.41, 5.74) is 0.253. The lowest BCUT2D eigenvalue weighted by molar-refractivity contribution is 0.0697. The van der Waals surface area contributed by atoms with Crippen molar-refractivity contribution in [3.63, 3.8) is 0 Å². The van der Waals surface area contributed by atoms with Crippen LogP contribution in [-0.2, 0) is 0 Å². The fourth-order valence-corrected chi connectivity index (χ4v) is 2.95. The Morgan fingerprint density at radius 2 is 2.00 bits per heavy atom. The molecule has 0 bridgehead atoms. The quantitative estimate of drug-likeness (QED) is 0.863. The SMILES string of the molecule is CC1CC(C)CC(Nc2ncccc2C(=O)O)C1. The predicted molar refractivity (Wildman–Crippen MR) is 70.8 cm³/mol. The first-order chi connectivity index (χ1) is 8.56. The molecule has 1 fully saturated rings. The summed E-state index contributed by atoms with van der Waals surface area (Å²) >= 11 is 0. The lowest BCUT2D eigenvalue weighted by atomic mass is 9.80. The third-order valence-corrected chi connectivity index (χ3v) is 3.56. The highest BCUT2D eigenvalue weighted by atomic mass is 16.4. The molecule has 18 heavy (non-hydrogen) atoms. The van der Waals surface area contributed by atoms with Crippen molar-refractivity contribution in [3.8, 4) is 0 Å². The van der Waals surface area contributed by atoms with E-state index < -0.39 is 5.97 Å². The summed E-state index contributed by atoms with van der Waals surface area (Å²) in [7, 11) is 0. The summed E-state index contributed by atoms with van der Waals surface area (Å²) in [6.45, 7) is 4.50. The van der Waals surface area contributed by atoms with E-state index in [1.54, 1.807) is 18.3 Å². The molecule has 1 aromatic heterocycles. The maximum Gasteiger partial charge on any atom is 0.339 e. The van der Waals surface area contributed by atoms with Gasteiger partial charge in [0, 0.05) is 12.2 Å². The van der Waals surface area contributed by atoms with Gasteiger partial charge in [-0.3, -0.25) is 0 Å². The highest BCUT2D eigenvalue weighted by Gasteiger charge is 2.25. The van der Waals surface area contributed by atoms with Crippen LogP contribution in [0.15, 0.2) is 18.3 Å². The zero-order valence-electron chi connectivity index (χ0n) is 10.9. The highest BCUT2D eigenvalue weighted by Crippen LogP contribution is 2.30. The van der Waals surface area contributed by atoms with Gasteiger partial charge in [-0.05, 0) is 43.2 Å². The summed E-state index contributed by atoms with van der Waals surface area (Å²) in [6.07, 6.45) is 5.05. The number of rotatable bonds is 3. The van der Waals surface area contributed by atoms with Gasteiger partial charge in [0.15, 0.2) is 0 Å². The van der Waals surface area contributed by atoms with Gasteiger partial charge >= 0.3 is 5.97 Å². The van der Waals surface area contributed by atoms with Gasteiger partial charge in [0.05, 0.1) is 0 Å². The standard InChI is InChI=1S/C14H20N2O2/c1-9-6-10(2)8-11(7-9)16-13-12(14(17)18)4-3-5-15-13/h3-5,9-11H,6-8H2,1-2H3,(H,15,16)(H,17,18). The number of carboxylic acids is 1. The van der Waals surface area contributed by atoms with Gasteiger partial charge < -0.3 is 10.4 Å². The first-order valence-electron chi connectivity index (χ1n) is 6.51. The Morgan fingerprint density at radius 3 is 2.61 bits per heavy atom. The van der Waals surface area contributed by atoms with Crippen LogP contribution in [0.3, 0.4) is 0 Å². The van der Waals surface area contributed by atoms with Crippen LogP contribution >= 0.6 is 0 Å². The van der Waals surface area contributed by atoms with Gasteiger partial charge in [0.25, 0.3) is 0 Å². The molecule has 0 aliphatic heterocycles. The average Bonchev–Trinajstić information content (AvgIpc) is 2.27. The van der Waals surface area contributed by atoms with Gasteiger partial charge in [0.2, 0.25) is 0 Å². The maximum atomic E-state index is 11.1. The molecule has 0 saturated heterocycles. The average molecular weight is 248 g/mol. The van der Waals surface area contributed by atoms with Gasteiger partial charge in [-0.15, -0.1) is 0 Å². The van der Waals surface area contributed by atoms with Crippen molar-refractivity contribution in [1.82, 2.24) is 4.98 Å². The molecule has 98 valence electrons. The summed E-state index contributed by atoms with van der Waals surface area (Å²) < 4.78 is 0. The van der Waals surface area contributed by atoms with Crippen molar-refractivity contribution in [2.75, 3.05) is 5.32 Å². The van der Waals surface area contributed by atoms with E-state index in [0.717, 1.165) is 12.8 Å². The second-order valence-electron chi connectivity index (χ2n) is 5.46. The van der Waals surface area contributed by atoms with E-state index in [1.165, 1.54) is 6.42 Å². The predicted octanol–water partition coefficient (Wildman–Crippen LogP) is 3.02. The van der Waals surface area contributed by atoms with Crippen LogP contribution in [0.2, 0.25) is 0 Å². The molecule has 4 heteroatoms. The van der Waals surface area contributed by atoms with Crippen molar-refractivity contribution < 1.29 is 9.90 Å². The molecule has 2 atom stereocenters. The molecule has 1 aliphatic rings. The Morgan fingerprint density at radius 1 is 1.33 bits per heavy atom. The molecule has 1 aliphatic carbocycles. The highest BCUT2D eigenvalue weighted by molar-refractivity contribution is 5.93. The van der Waals surface area contributed by atoms with Crippen LogP contribution in [0.1, 0.15) is 43.5 Å². The molecule has 2 unspecified atom stereocenters. The number of hydrogen-bond acceptors (Lipinski definition) is 3. The number of aromatic nitrogens is 1. The third-order valence-electron chi connectivity index (χ3n) is 3.56. The second-order valence-corrected chi connectivity index (χ2v) is 5.46. The Balaban J connectivity index is 2.11. The number of hydrogen-bond donors (Lipinski definition) is 2. The topological polar surface area (TPSA) is 62.2 Å². The van der Waals surface area contributed by atoms with Gasteiger partial charge in [-0.2, -0.15) is 0 Å². The van der Waals surface area contributed by atoms with E-state index >= 15 is 0 Å². The molecule has 0 aromatic carbocycles. The van der Waals surface area contributed by atoms with E-state index in [-0.39, 0.29) is 5.56 Å². The van der Waals surface area contributed by atoms with Crippen molar-refractivity contribution in [2.24, 2.45) is 11.8 Å². The van der Waals surface area contributed by atoms with Crippen LogP contribution in [0.25, 0.3) is 0 Å². The summed E-state index contributed by atoms with van der Waals surface area (Å²) in [6, 6.07) is 3.57. The number of nitrogens with one attached hydrogen (secondary N) is 1. The lowest BCUT2D eigenvalue weighted by Gasteiger charge is -2.32. The molecule has 2 N–H and O–H groups in total. The normalized spacial score (nSPS) is 27.8. The number of anilines is 1. The van der Waals surface area contributed by atoms with E-state index in [0.29, 0.717) is 23.7 Å². The molecule has 1 saturated carbocycles. The zero-order valence-corrected chi connectivity index (χ0v) is 10.9. The molecule has 0 spiro atoms. The first kappa shape index (κ1) is 12.9. The largest absolute Gasteiger partial charge is 0.478 e. The Hall–Kier alpha value is -1.58. The summed E-state index contributed by atoms with van der Waals surface area (Å²) in [5, 5.41) is 12.4. The third kappa shape index (κ3) is 3.00. The monoisotopic (exact) mass is 248 g/mol. The number of nitrogens with zero attached hydrogens (tertiary/aromatic N) is 1. The van der Waals surface area contributed by atoms with E-state index in [4.69, 9.17) is 5.11 Å². The van der Waals surface area contributed by atoms with Crippen LogP contribution in [-0.4, -0.2) is 22.1 Å². The van der Waals surface area contributed by atoms with E-state index in [2.05, 4.69) is 24.1 Å². The molecule has 4 nitrogen and oxygen atoms in total. The zero-order chi connectivity index (χ0) is 13.1. The van der Waals surface area contributed by atoms with Crippen molar-refractivity contribution in [1.29, 1.82) is 0 Å². The number of aromatic carboxylic acids is 1. The second kappa shape index (κ2) is 5.38. The number of carboxylic acid groups (broad SMARTS) is 1. The fraction of sp³-hybridized carbons (Fsp3) is 0.571. The minimum Gasteiger partial charge on any atom is -0.478 e. The minimum absolute atomic E-state index is 0.253. The Bertz CT molecular complexity index is 424. The van der Waals surface area contributed by atoms with Crippen LogP contribution in [0.4, 0.5) is 5.82 Å². The molecule has 2 rings (SSSR count). The molecular weight excluding hydrogens is 228 g/mol. The maximum absolute atomic E-state index is 11.1. The Kier molecular flexibility index (Phi) is 3.84. The minimum atomic E-state index is -0.928. The molecule has 1 heterocycles. The van der Waals surface area contributed by atoms with Crippen molar-refractivity contribution in [3.05, 3.63) is 23.9 Å². The van der Waals surface area contributed by atoms with Crippen LogP contribution in [0.5, 0.6) is 0 Å². The van der Waals surface area contributed by atoms with Gasteiger partial charge in [0.1, 0.15) is 11.4 Å². The summed E-state index contributed by atoms with van der Waals surface area (Å²) in [5.74, 6) is 0.935. The number of carbonyl (C=O) groups is 1. The molecule has 1 aromatic rings. The smallest absolute Gasteiger partial charge is 0.339 e. The van der Waals surface area contributed by atoms with Crippen molar-refractivity contribution in [2.45, 2.75) is 39.2 Å². The van der Waals surface area contributed by atoms with E-state index in [1.807, 2.05) is 0 Å². The number of pyridine rings is 1.